The summed E-state index contributed by atoms with van der Waals surface area (Å²) >= 11 is 1.45. The van der Waals surface area contributed by atoms with Gasteiger partial charge in [0.15, 0.2) is 5.13 Å². The van der Waals surface area contributed by atoms with Crippen molar-refractivity contribution in [3.05, 3.63) is 58.4 Å². The number of nitrogens with zero attached hydrogens (tertiary/aromatic N) is 4. The van der Waals surface area contributed by atoms with E-state index in [0.717, 1.165) is 49.9 Å². The Labute approximate surface area is 168 Å². The predicted molar refractivity (Wildman–Crippen MR) is 109 cm³/mol. The number of carbonyl (C=O) groups excluding carboxylic acids is 1. The first-order valence-electron chi connectivity index (χ1n) is 9.29. The molecular formula is C20H23N5O2S. The second-order valence-electron chi connectivity index (χ2n) is 6.78. The van der Waals surface area contributed by atoms with Gasteiger partial charge in [-0.1, -0.05) is 18.2 Å². The van der Waals surface area contributed by atoms with Gasteiger partial charge in [-0.05, 0) is 26.0 Å². The van der Waals surface area contributed by atoms with Crippen molar-refractivity contribution in [3.8, 4) is 5.69 Å². The highest BCUT2D eigenvalue weighted by Gasteiger charge is 2.21. The number of nitrogens with one attached hydrogen (secondary N) is 1. The molecule has 4 rings (SSSR count). The van der Waals surface area contributed by atoms with Crippen LogP contribution in [0.3, 0.4) is 0 Å². The van der Waals surface area contributed by atoms with Crippen molar-refractivity contribution in [1.82, 2.24) is 19.7 Å². The zero-order valence-electron chi connectivity index (χ0n) is 16.0. The molecule has 2 aromatic heterocycles. The highest BCUT2D eigenvalue weighted by molar-refractivity contribution is 7.14. The number of para-hydroxylation sites is 1. The van der Waals surface area contributed by atoms with Crippen LogP contribution >= 0.6 is 11.3 Å². The molecule has 1 N–H and O–H groups in total. The van der Waals surface area contributed by atoms with Gasteiger partial charge >= 0.3 is 0 Å². The molecular weight excluding hydrogens is 374 g/mol. The molecule has 0 bridgehead atoms. The first-order chi connectivity index (χ1) is 13.6. The number of morpholine rings is 1. The van der Waals surface area contributed by atoms with Gasteiger partial charge in [0.25, 0.3) is 5.91 Å². The predicted octanol–water partition coefficient (Wildman–Crippen LogP) is 3.03. The van der Waals surface area contributed by atoms with E-state index in [0.29, 0.717) is 16.4 Å². The summed E-state index contributed by atoms with van der Waals surface area (Å²) in [6, 6.07) is 9.81. The van der Waals surface area contributed by atoms with Crippen LogP contribution in [0.4, 0.5) is 5.13 Å². The van der Waals surface area contributed by atoms with Crippen molar-refractivity contribution < 1.29 is 9.53 Å². The van der Waals surface area contributed by atoms with E-state index in [9.17, 15) is 4.79 Å². The first-order valence-corrected chi connectivity index (χ1v) is 10.2. The van der Waals surface area contributed by atoms with Crippen LogP contribution in [0.25, 0.3) is 5.69 Å². The molecule has 0 radical (unpaired) electrons. The number of thiazole rings is 1. The molecule has 0 atom stereocenters. The monoisotopic (exact) mass is 397 g/mol. The molecule has 3 heterocycles. The largest absolute Gasteiger partial charge is 0.379 e. The van der Waals surface area contributed by atoms with Crippen molar-refractivity contribution in [1.29, 1.82) is 0 Å². The quantitative estimate of drug-likeness (QED) is 0.716. The molecule has 1 aliphatic rings. The van der Waals surface area contributed by atoms with E-state index in [1.807, 2.05) is 49.6 Å². The number of hydrogen-bond acceptors (Lipinski definition) is 6. The lowest BCUT2D eigenvalue weighted by Crippen LogP contribution is -2.35. The molecule has 146 valence electrons. The fourth-order valence-corrected chi connectivity index (χ4v) is 4.07. The average molecular weight is 398 g/mol. The highest BCUT2D eigenvalue weighted by atomic mass is 32.1. The summed E-state index contributed by atoms with van der Waals surface area (Å²) in [4.78, 5) is 19.8. The fraction of sp³-hybridized carbons (Fsp3) is 0.350. The number of ether oxygens (including phenoxy) is 1. The molecule has 8 heteroatoms. The third-order valence-electron chi connectivity index (χ3n) is 4.78. The Morgan fingerprint density at radius 2 is 1.96 bits per heavy atom. The van der Waals surface area contributed by atoms with E-state index in [1.54, 1.807) is 4.68 Å². The lowest BCUT2D eigenvalue weighted by molar-refractivity contribution is 0.0337. The number of benzene rings is 1. The summed E-state index contributed by atoms with van der Waals surface area (Å²) in [6.45, 7) is 7.89. The first kappa shape index (κ1) is 18.8. The highest BCUT2D eigenvalue weighted by Crippen LogP contribution is 2.22. The Morgan fingerprint density at radius 3 is 2.71 bits per heavy atom. The van der Waals surface area contributed by atoms with Crippen molar-refractivity contribution in [2.45, 2.75) is 20.4 Å². The molecule has 1 saturated heterocycles. The Morgan fingerprint density at radius 1 is 1.21 bits per heavy atom. The minimum Gasteiger partial charge on any atom is -0.379 e. The summed E-state index contributed by atoms with van der Waals surface area (Å²) in [5, 5.41) is 10.1. The van der Waals surface area contributed by atoms with Gasteiger partial charge in [-0.2, -0.15) is 5.10 Å². The van der Waals surface area contributed by atoms with E-state index >= 15 is 0 Å². The molecule has 28 heavy (non-hydrogen) atoms. The van der Waals surface area contributed by atoms with Crippen LogP contribution in [0.2, 0.25) is 0 Å². The van der Waals surface area contributed by atoms with Crippen molar-refractivity contribution in [3.63, 3.8) is 0 Å². The standard InChI is InChI=1S/C20H23N5O2S/c1-14-18(15(2)25(23-14)17-6-4-3-5-7-17)19(26)22-20-21-16(13-28-20)12-24-8-10-27-11-9-24/h3-7,13H,8-12H2,1-2H3,(H,21,22,26). The molecule has 0 spiro atoms. The van der Waals surface area contributed by atoms with Crippen LogP contribution in [0.1, 0.15) is 27.4 Å². The molecule has 0 saturated carbocycles. The zero-order valence-corrected chi connectivity index (χ0v) is 16.8. The number of aromatic nitrogens is 3. The average Bonchev–Trinajstić information content (AvgIpc) is 3.26. The number of rotatable bonds is 5. The van der Waals surface area contributed by atoms with Crippen LogP contribution in [0, 0.1) is 13.8 Å². The van der Waals surface area contributed by atoms with Gasteiger partial charge in [0.1, 0.15) is 0 Å². The van der Waals surface area contributed by atoms with E-state index in [1.165, 1.54) is 11.3 Å². The van der Waals surface area contributed by atoms with Crippen LogP contribution in [0.15, 0.2) is 35.7 Å². The smallest absolute Gasteiger partial charge is 0.261 e. The minimum atomic E-state index is -0.176. The van der Waals surface area contributed by atoms with E-state index in [-0.39, 0.29) is 5.91 Å². The second-order valence-corrected chi connectivity index (χ2v) is 7.64. The molecule has 1 aromatic carbocycles. The Hall–Kier alpha value is -2.55. The van der Waals surface area contributed by atoms with Gasteiger partial charge in [0, 0.05) is 25.0 Å². The van der Waals surface area contributed by atoms with E-state index in [2.05, 4.69) is 20.3 Å². The summed E-state index contributed by atoms with van der Waals surface area (Å²) in [5.74, 6) is -0.176. The number of carbonyl (C=O) groups is 1. The summed E-state index contributed by atoms with van der Waals surface area (Å²) in [5.41, 5.74) is 4.00. The lowest BCUT2D eigenvalue weighted by atomic mass is 10.2. The fourth-order valence-electron chi connectivity index (χ4n) is 3.38. The topological polar surface area (TPSA) is 72.3 Å². The van der Waals surface area contributed by atoms with Crippen LogP contribution in [-0.2, 0) is 11.3 Å². The van der Waals surface area contributed by atoms with Gasteiger partial charge in [-0.3, -0.25) is 15.0 Å². The Kier molecular flexibility index (Phi) is 5.52. The van der Waals surface area contributed by atoms with Crippen molar-refractivity contribution in [2.24, 2.45) is 0 Å². The Bertz CT molecular complexity index is 960. The molecule has 0 unspecified atom stereocenters. The van der Waals surface area contributed by atoms with Gasteiger partial charge in [0.2, 0.25) is 0 Å². The number of aryl methyl sites for hydroxylation is 1. The summed E-state index contributed by atoms with van der Waals surface area (Å²) < 4.78 is 7.18. The minimum absolute atomic E-state index is 0.176. The van der Waals surface area contributed by atoms with Gasteiger partial charge in [-0.15, -0.1) is 11.3 Å². The maximum Gasteiger partial charge on any atom is 0.261 e. The number of hydrogen-bond donors (Lipinski definition) is 1. The number of anilines is 1. The lowest BCUT2D eigenvalue weighted by Gasteiger charge is -2.25. The maximum absolute atomic E-state index is 12.9. The maximum atomic E-state index is 12.9. The van der Waals surface area contributed by atoms with E-state index < -0.39 is 0 Å². The molecule has 0 aliphatic carbocycles. The van der Waals surface area contributed by atoms with Crippen LogP contribution in [0.5, 0.6) is 0 Å². The molecule has 3 aromatic rings. The third kappa shape index (κ3) is 3.99. The molecule has 1 amide bonds. The zero-order chi connectivity index (χ0) is 19.5. The normalized spacial score (nSPS) is 14.9. The van der Waals surface area contributed by atoms with Crippen molar-refractivity contribution in [2.75, 3.05) is 31.6 Å². The van der Waals surface area contributed by atoms with Crippen LogP contribution in [-0.4, -0.2) is 51.9 Å². The van der Waals surface area contributed by atoms with Gasteiger partial charge in [0.05, 0.1) is 41.5 Å². The molecule has 1 fully saturated rings. The second kappa shape index (κ2) is 8.22. The SMILES string of the molecule is Cc1nn(-c2ccccc2)c(C)c1C(=O)Nc1nc(CN2CCOCC2)cs1. The molecule has 1 aliphatic heterocycles. The summed E-state index contributed by atoms with van der Waals surface area (Å²) in [7, 11) is 0. The Balaban J connectivity index is 1.48. The van der Waals surface area contributed by atoms with Gasteiger partial charge in [-0.25, -0.2) is 9.67 Å². The van der Waals surface area contributed by atoms with Gasteiger partial charge < -0.3 is 4.74 Å². The molecule has 7 nitrogen and oxygen atoms in total. The van der Waals surface area contributed by atoms with Crippen molar-refractivity contribution >= 4 is 22.4 Å². The third-order valence-corrected chi connectivity index (χ3v) is 5.59. The number of amides is 1. The van der Waals surface area contributed by atoms with E-state index in [4.69, 9.17) is 4.74 Å². The summed E-state index contributed by atoms with van der Waals surface area (Å²) in [6.07, 6.45) is 0. The van der Waals surface area contributed by atoms with Crippen LogP contribution < -0.4 is 5.32 Å².